The first-order chi connectivity index (χ1) is 56.0. The predicted octanol–water partition coefficient (Wildman–Crippen LogP) is 19.9. The van der Waals surface area contributed by atoms with Crippen molar-refractivity contribution in [1.82, 2.24) is 42.5 Å². The Bertz CT molecular complexity index is 3750. The number of hydrogen-bond acceptors (Lipinski definition) is 16. The van der Waals surface area contributed by atoms with Crippen LogP contribution in [0.2, 0.25) is 0 Å². The lowest BCUT2D eigenvalue weighted by molar-refractivity contribution is 0.279. The van der Waals surface area contributed by atoms with E-state index in [1.54, 1.807) is 0 Å². The quantitative estimate of drug-likeness (QED) is 0.0187. The zero-order valence-electron chi connectivity index (χ0n) is 72.2. The summed E-state index contributed by atoms with van der Waals surface area (Å²) in [4.78, 5) is 0. The van der Waals surface area contributed by atoms with E-state index < -0.39 is 0 Å². The molecule has 4 aliphatic rings. The topological polar surface area (TPSA) is 258 Å². The Hall–Kier alpha value is -8.16. The first kappa shape index (κ1) is 91.7. The van der Waals surface area contributed by atoms with Crippen molar-refractivity contribution in [3.63, 3.8) is 0 Å². The van der Waals surface area contributed by atoms with E-state index in [9.17, 15) is 40.9 Å². The highest BCUT2D eigenvalue weighted by atomic mass is 16.3. The van der Waals surface area contributed by atoms with Crippen LogP contribution in [0, 0.1) is 0 Å². The number of hydrogen-bond donors (Lipinski definition) is 16. The normalized spacial score (nSPS) is 19.6. The third-order valence-electron chi connectivity index (χ3n) is 24.9. The fourth-order valence-electron chi connectivity index (χ4n) is 17.6. The molecule has 0 aliphatic heterocycles. The summed E-state index contributed by atoms with van der Waals surface area (Å²) in [6, 6.07) is 51.2. The van der Waals surface area contributed by atoms with E-state index in [4.69, 9.17) is 0 Å². The largest absolute Gasteiger partial charge is 0.507 e. The van der Waals surface area contributed by atoms with Crippen LogP contribution in [0.15, 0.2) is 146 Å². The van der Waals surface area contributed by atoms with Crippen molar-refractivity contribution < 1.29 is 40.9 Å². The van der Waals surface area contributed by atoms with E-state index >= 15 is 0 Å². The molecule has 12 rings (SSSR count). The number of rotatable bonds is 32. The molecule has 2 unspecified atom stereocenters. The average molecular weight is 1590 g/mol. The van der Waals surface area contributed by atoms with Gasteiger partial charge in [-0.15, -0.1) is 0 Å². The third kappa shape index (κ3) is 25.9. The molecular weight excluding hydrogens is 1440 g/mol. The van der Waals surface area contributed by atoms with E-state index in [1.165, 1.54) is 51.4 Å². The van der Waals surface area contributed by atoms with Crippen LogP contribution in [0.1, 0.15) is 299 Å². The minimum atomic E-state index is 0.309. The molecule has 4 aliphatic carbocycles. The highest BCUT2D eigenvalue weighted by molar-refractivity contribution is 5.47. The number of para-hydroxylation sites is 8. The van der Waals surface area contributed by atoms with Crippen LogP contribution in [0.25, 0.3) is 0 Å². The summed E-state index contributed by atoms with van der Waals surface area (Å²) in [5, 5.41) is 114. The molecule has 0 aromatic heterocycles. The number of nitrogens with one attached hydrogen (secondary N) is 8. The van der Waals surface area contributed by atoms with Gasteiger partial charge < -0.3 is 83.4 Å². The first-order valence-electron chi connectivity index (χ1n) is 44.3. The first-order valence-corrected chi connectivity index (χ1v) is 44.3. The van der Waals surface area contributed by atoms with Crippen LogP contribution in [-0.2, 0) is 78.0 Å². The SMILES string of the molecule is CC(C)c1cccc(CNC2CCCC[C@@H]2NCc2cccc(C(C)C)c2O)c1O.CC(C)c1cccc(CN[C@@H]2CCCC[C@H]2NCc2cccc(C(C)C)c2O)c1O.CCc1cccc(CNC2CCCC[C@@H]2NCc2cccc(CC)c2O)c1O.CCc1cccc(CN[C@@H]2CCCC[C@H]2NCc2cccc(CC)c2O)c1O. The van der Waals surface area contributed by atoms with E-state index in [2.05, 4.69) is 126 Å². The molecule has 116 heavy (non-hydrogen) atoms. The standard InChI is InChI=1S/2C26H38N2O2.2C24H34N2O2/c2*1-17(2)21-11-7-9-19(25(21)29)15-27-23-13-5-6-14-24(23)28-16-20-10-8-12-22(18(3)4)26(20)30;2*1-3-17-9-7-11-19(23(17)27)15-25-21-13-5-6-14-22(21)26-16-20-12-8-10-18(4-2)24(20)28/h2*7-12,17-18,23-24,27-30H,5-6,13-16H2,1-4H3;2*7-12,21-22,25-28H,3-6,13-16H2,1-2H3/t23-,24?;23-,24-;21-,22?;21-,22-/m0101/s1. The van der Waals surface area contributed by atoms with Crippen molar-refractivity contribution in [3.05, 3.63) is 235 Å². The molecule has 8 aromatic carbocycles. The zero-order chi connectivity index (χ0) is 83.2. The smallest absolute Gasteiger partial charge is 0.123 e. The Labute approximate surface area is 696 Å². The Balaban J connectivity index is 0.000000177. The molecule has 0 spiro atoms. The second-order valence-electron chi connectivity index (χ2n) is 34.2. The van der Waals surface area contributed by atoms with Crippen molar-refractivity contribution in [3.8, 4) is 46.0 Å². The Morgan fingerprint density at radius 2 is 0.336 bits per heavy atom. The molecule has 8 atom stereocenters. The third-order valence-corrected chi connectivity index (χ3v) is 24.9. The minimum Gasteiger partial charge on any atom is -0.507 e. The molecule has 0 amide bonds. The second-order valence-corrected chi connectivity index (χ2v) is 34.2. The van der Waals surface area contributed by atoms with Crippen molar-refractivity contribution in [2.45, 2.75) is 336 Å². The van der Waals surface area contributed by atoms with Gasteiger partial charge in [-0.1, -0.05) is 280 Å². The summed E-state index contributed by atoms with van der Waals surface area (Å²) in [5.41, 5.74) is 15.8. The van der Waals surface area contributed by atoms with E-state index in [-0.39, 0.29) is 0 Å². The van der Waals surface area contributed by atoms with Gasteiger partial charge in [-0.25, -0.2) is 0 Å². The zero-order valence-corrected chi connectivity index (χ0v) is 72.2. The van der Waals surface area contributed by atoms with Gasteiger partial charge in [-0.05, 0) is 145 Å². The second kappa shape index (κ2) is 46.8. The molecule has 0 heterocycles. The number of aryl methyl sites for hydroxylation is 4. The fraction of sp³-hybridized carbons (Fsp3) is 0.520. The molecule has 4 saturated carbocycles. The van der Waals surface area contributed by atoms with Crippen LogP contribution in [0.4, 0.5) is 0 Å². The summed E-state index contributed by atoms with van der Waals surface area (Å²) in [7, 11) is 0. The molecule has 0 bridgehead atoms. The monoisotopic (exact) mass is 1590 g/mol. The maximum atomic E-state index is 10.6. The number of benzene rings is 8. The van der Waals surface area contributed by atoms with Crippen molar-refractivity contribution in [2.75, 3.05) is 0 Å². The van der Waals surface area contributed by atoms with Crippen molar-refractivity contribution >= 4 is 0 Å². The molecule has 16 N–H and O–H groups in total. The van der Waals surface area contributed by atoms with Crippen LogP contribution in [0.3, 0.4) is 0 Å². The van der Waals surface area contributed by atoms with Gasteiger partial charge in [0.15, 0.2) is 0 Å². The predicted molar refractivity (Wildman–Crippen MR) is 478 cm³/mol. The summed E-state index contributed by atoms with van der Waals surface area (Å²) >= 11 is 0. The Kier molecular flexibility index (Phi) is 37.0. The molecule has 0 radical (unpaired) electrons. The average Bonchev–Trinajstić information content (AvgIpc) is 0.842. The lowest BCUT2D eigenvalue weighted by Gasteiger charge is -2.33. The molecular formula is C100H144N8O8. The molecule has 16 heteroatoms. The number of aromatic hydroxyl groups is 8. The van der Waals surface area contributed by atoms with Gasteiger partial charge in [0.1, 0.15) is 46.0 Å². The summed E-state index contributed by atoms with van der Waals surface area (Å²) in [6.07, 6.45) is 22.2. The highest BCUT2D eigenvalue weighted by Gasteiger charge is 2.30. The summed E-state index contributed by atoms with van der Waals surface area (Å²) in [6.45, 7) is 30.5. The van der Waals surface area contributed by atoms with Gasteiger partial charge in [0.05, 0.1) is 0 Å². The van der Waals surface area contributed by atoms with Gasteiger partial charge in [0.2, 0.25) is 0 Å². The maximum Gasteiger partial charge on any atom is 0.123 e. The van der Waals surface area contributed by atoms with E-state index in [1.807, 2.05) is 146 Å². The number of phenolic OH excluding ortho intramolecular Hbond substituents is 8. The molecule has 8 aromatic rings. The summed E-state index contributed by atoms with van der Waals surface area (Å²) in [5.74, 6) is 4.66. The lowest BCUT2D eigenvalue weighted by atomic mass is 9.89. The minimum absolute atomic E-state index is 0.309. The molecule has 0 saturated heterocycles. The van der Waals surface area contributed by atoms with E-state index in [0.717, 1.165) is 166 Å². The molecule has 4 fully saturated rings. The molecule has 16 nitrogen and oxygen atoms in total. The maximum absolute atomic E-state index is 10.6. The van der Waals surface area contributed by atoms with Crippen LogP contribution in [0.5, 0.6) is 46.0 Å². The van der Waals surface area contributed by atoms with Gasteiger partial charge >= 0.3 is 0 Å². The highest BCUT2D eigenvalue weighted by Crippen LogP contribution is 2.36. The lowest BCUT2D eigenvalue weighted by Crippen LogP contribution is -2.49. The Morgan fingerprint density at radius 1 is 0.207 bits per heavy atom. The van der Waals surface area contributed by atoms with Gasteiger partial charge in [0.25, 0.3) is 0 Å². The van der Waals surface area contributed by atoms with Crippen molar-refractivity contribution in [2.24, 2.45) is 0 Å². The van der Waals surface area contributed by atoms with Gasteiger partial charge in [-0.2, -0.15) is 0 Å². The van der Waals surface area contributed by atoms with Crippen LogP contribution >= 0.6 is 0 Å². The Morgan fingerprint density at radius 3 is 0.474 bits per heavy atom. The molecule has 632 valence electrons. The van der Waals surface area contributed by atoms with Gasteiger partial charge in [0, 0.05) is 145 Å². The van der Waals surface area contributed by atoms with E-state index in [0.29, 0.717) is 170 Å². The van der Waals surface area contributed by atoms with Crippen molar-refractivity contribution in [1.29, 1.82) is 0 Å². The fourth-order valence-corrected chi connectivity index (χ4v) is 17.6. The number of phenols is 8. The van der Waals surface area contributed by atoms with Crippen LogP contribution in [-0.4, -0.2) is 89.2 Å². The summed E-state index contributed by atoms with van der Waals surface area (Å²) < 4.78 is 0. The van der Waals surface area contributed by atoms with Crippen LogP contribution < -0.4 is 42.5 Å². The van der Waals surface area contributed by atoms with Gasteiger partial charge in [-0.3, -0.25) is 0 Å².